The Labute approximate surface area is 115 Å². The van der Waals surface area contributed by atoms with Crippen molar-refractivity contribution in [3.8, 4) is 0 Å². The van der Waals surface area contributed by atoms with Gasteiger partial charge in [0.05, 0.1) is 10.4 Å². The minimum absolute atomic E-state index is 0. The summed E-state index contributed by atoms with van der Waals surface area (Å²) in [6, 6.07) is 4.23. The van der Waals surface area contributed by atoms with Crippen LogP contribution < -0.4 is 5.32 Å². The highest BCUT2D eigenvalue weighted by atomic mass is 79.9. The fourth-order valence-corrected chi connectivity index (χ4v) is 2.79. The van der Waals surface area contributed by atoms with Crippen LogP contribution in [0.2, 0.25) is 0 Å². The van der Waals surface area contributed by atoms with Gasteiger partial charge in [-0.1, -0.05) is 0 Å². The van der Waals surface area contributed by atoms with Crippen LogP contribution in [-0.2, 0) is 11.3 Å². The van der Waals surface area contributed by atoms with E-state index in [4.69, 9.17) is 4.74 Å². The van der Waals surface area contributed by atoms with Gasteiger partial charge in [-0.25, -0.2) is 0 Å². The summed E-state index contributed by atoms with van der Waals surface area (Å²) in [4.78, 5) is 1.36. The molecule has 0 bridgehead atoms. The monoisotopic (exact) mass is 325 g/mol. The van der Waals surface area contributed by atoms with Gasteiger partial charge in [-0.15, -0.1) is 23.7 Å². The maximum atomic E-state index is 5.53. The van der Waals surface area contributed by atoms with E-state index in [-0.39, 0.29) is 12.4 Å². The van der Waals surface area contributed by atoms with Crippen LogP contribution in [0.4, 0.5) is 0 Å². The normalized spacial score (nSPS) is 14.8. The minimum atomic E-state index is 0. The molecule has 1 aliphatic rings. The summed E-state index contributed by atoms with van der Waals surface area (Å²) in [5.41, 5.74) is 0. The van der Waals surface area contributed by atoms with Crippen molar-refractivity contribution in [2.24, 2.45) is 5.92 Å². The lowest BCUT2D eigenvalue weighted by molar-refractivity contribution is 0.126. The molecule has 16 heavy (non-hydrogen) atoms. The lowest BCUT2D eigenvalue weighted by Crippen LogP contribution is -2.19. The van der Waals surface area contributed by atoms with Crippen molar-refractivity contribution in [1.29, 1.82) is 0 Å². The molecule has 0 saturated heterocycles. The number of hydrogen-bond acceptors (Lipinski definition) is 3. The van der Waals surface area contributed by atoms with Gasteiger partial charge in [-0.3, -0.25) is 0 Å². The van der Waals surface area contributed by atoms with Crippen LogP contribution in [0, 0.1) is 5.92 Å². The van der Waals surface area contributed by atoms with Crippen molar-refractivity contribution in [1.82, 2.24) is 5.32 Å². The fraction of sp³-hybridized carbons (Fsp3) is 0.636. The topological polar surface area (TPSA) is 21.3 Å². The quantitative estimate of drug-likeness (QED) is 0.775. The second kappa shape index (κ2) is 7.67. The van der Waals surface area contributed by atoms with E-state index in [1.807, 2.05) is 0 Å². The van der Waals surface area contributed by atoms with Crippen LogP contribution in [0.5, 0.6) is 0 Å². The maximum Gasteiger partial charge on any atom is 0.0701 e. The molecule has 0 amide bonds. The summed E-state index contributed by atoms with van der Waals surface area (Å²) in [7, 11) is 0. The van der Waals surface area contributed by atoms with E-state index in [1.165, 1.54) is 21.5 Å². The zero-order chi connectivity index (χ0) is 10.5. The molecule has 1 N–H and O–H groups in total. The summed E-state index contributed by atoms with van der Waals surface area (Å²) in [5, 5.41) is 3.37. The molecule has 0 radical (unpaired) electrons. The summed E-state index contributed by atoms with van der Waals surface area (Å²) in [6.07, 6.45) is 2.74. The lowest BCUT2D eigenvalue weighted by atomic mass is 10.4. The SMILES string of the molecule is Brc1ccc(CNCCOCC2CC2)s1.Cl. The minimum Gasteiger partial charge on any atom is -0.380 e. The predicted molar refractivity (Wildman–Crippen MR) is 74.5 cm³/mol. The van der Waals surface area contributed by atoms with E-state index < -0.39 is 0 Å². The highest BCUT2D eigenvalue weighted by Gasteiger charge is 2.20. The molecule has 2 nitrogen and oxygen atoms in total. The van der Waals surface area contributed by atoms with Crippen LogP contribution in [-0.4, -0.2) is 19.8 Å². The van der Waals surface area contributed by atoms with Gasteiger partial charge in [0.2, 0.25) is 0 Å². The van der Waals surface area contributed by atoms with Crippen molar-refractivity contribution in [2.75, 3.05) is 19.8 Å². The number of rotatable bonds is 7. The Balaban J connectivity index is 0.00000128. The fourth-order valence-electron chi connectivity index (χ4n) is 1.34. The Morgan fingerprint density at radius 3 is 2.88 bits per heavy atom. The van der Waals surface area contributed by atoms with E-state index in [1.54, 1.807) is 11.3 Å². The summed E-state index contributed by atoms with van der Waals surface area (Å²) in [6.45, 7) is 3.70. The van der Waals surface area contributed by atoms with Crippen molar-refractivity contribution in [2.45, 2.75) is 19.4 Å². The second-order valence-corrected chi connectivity index (χ2v) is 6.45. The average Bonchev–Trinajstić information content (AvgIpc) is 2.95. The molecule has 0 unspecified atom stereocenters. The van der Waals surface area contributed by atoms with E-state index in [0.29, 0.717) is 0 Å². The first-order valence-electron chi connectivity index (χ1n) is 5.37. The van der Waals surface area contributed by atoms with E-state index in [0.717, 1.165) is 32.2 Å². The van der Waals surface area contributed by atoms with Crippen LogP contribution in [0.3, 0.4) is 0 Å². The van der Waals surface area contributed by atoms with Gasteiger partial charge >= 0.3 is 0 Å². The largest absolute Gasteiger partial charge is 0.380 e. The number of halogens is 2. The van der Waals surface area contributed by atoms with Crippen LogP contribution in [0.1, 0.15) is 17.7 Å². The van der Waals surface area contributed by atoms with Crippen LogP contribution in [0.25, 0.3) is 0 Å². The van der Waals surface area contributed by atoms with Crippen molar-refractivity contribution < 1.29 is 4.74 Å². The van der Waals surface area contributed by atoms with Crippen molar-refractivity contribution in [3.63, 3.8) is 0 Å². The van der Waals surface area contributed by atoms with Gasteiger partial charge < -0.3 is 10.1 Å². The smallest absolute Gasteiger partial charge is 0.0701 e. The summed E-state index contributed by atoms with van der Waals surface area (Å²) >= 11 is 5.23. The first kappa shape index (κ1) is 14.5. The Bertz CT molecular complexity index is 304. The van der Waals surface area contributed by atoms with Gasteiger partial charge in [-0.05, 0) is 46.8 Å². The Morgan fingerprint density at radius 2 is 2.25 bits per heavy atom. The van der Waals surface area contributed by atoms with E-state index in [9.17, 15) is 0 Å². The van der Waals surface area contributed by atoms with Crippen LogP contribution in [0.15, 0.2) is 15.9 Å². The standard InChI is InChI=1S/C11H16BrNOS.ClH/c12-11-4-3-10(15-11)7-13-5-6-14-8-9-1-2-9;/h3-4,9,13H,1-2,5-8H2;1H. The Morgan fingerprint density at radius 1 is 1.44 bits per heavy atom. The molecule has 1 heterocycles. The van der Waals surface area contributed by atoms with Gasteiger partial charge in [0.15, 0.2) is 0 Å². The zero-order valence-electron chi connectivity index (χ0n) is 9.08. The van der Waals surface area contributed by atoms with Gasteiger partial charge in [0.25, 0.3) is 0 Å². The molecule has 5 heteroatoms. The molecule has 0 atom stereocenters. The zero-order valence-corrected chi connectivity index (χ0v) is 12.3. The molecule has 2 rings (SSSR count). The Kier molecular flexibility index (Phi) is 6.92. The molecule has 1 saturated carbocycles. The number of ether oxygens (including phenoxy) is 1. The van der Waals surface area contributed by atoms with Gasteiger partial charge in [-0.2, -0.15) is 0 Å². The lowest BCUT2D eigenvalue weighted by Gasteiger charge is -2.04. The molecule has 1 aliphatic carbocycles. The van der Waals surface area contributed by atoms with Crippen molar-refractivity contribution in [3.05, 3.63) is 20.8 Å². The molecular weight excluding hydrogens is 310 g/mol. The highest BCUT2D eigenvalue weighted by Crippen LogP contribution is 2.28. The highest BCUT2D eigenvalue weighted by molar-refractivity contribution is 9.11. The molecule has 1 aromatic heterocycles. The third-order valence-electron chi connectivity index (χ3n) is 2.40. The van der Waals surface area contributed by atoms with Crippen LogP contribution >= 0.6 is 39.7 Å². The van der Waals surface area contributed by atoms with Gasteiger partial charge in [0.1, 0.15) is 0 Å². The van der Waals surface area contributed by atoms with Crippen molar-refractivity contribution >= 4 is 39.7 Å². The molecule has 1 aromatic rings. The maximum absolute atomic E-state index is 5.53. The summed E-state index contributed by atoms with van der Waals surface area (Å²) < 4.78 is 6.73. The third kappa shape index (κ3) is 5.64. The number of nitrogens with one attached hydrogen (secondary N) is 1. The van der Waals surface area contributed by atoms with Gasteiger partial charge in [0, 0.05) is 24.6 Å². The first-order chi connectivity index (χ1) is 7.34. The molecule has 0 aromatic carbocycles. The number of hydrogen-bond donors (Lipinski definition) is 1. The molecule has 1 fully saturated rings. The second-order valence-electron chi connectivity index (χ2n) is 3.90. The number of thiophene rings is 1. The molecule has 0 spiro atoms. The molecule has 0 aliphatic heterocycles. The Hall–Kier alpha value is 0.390. The first-order valence-corrected chi connectivity index (χ1v) is 6.98. The van der Waals surface area contributed by atoms with E-state index in [2.05, 4.69) is 33.4 Å². The average molecular weight is 327 g/mol. The molecular formula is C11H17BrClNOS. The third-order valence-corrected chi connectivity index (χ3v) is 4.03. The van der Waals surface area contributed by atoms with E-state index >= 15 is 0 Å². The predicted octanol–water partition coefficient (Wildman–Crippen LogP) is 3.45. The summed E-state index contributed by atoms with van der Waals surface area (Å²) in [5.74, 6) is 0.873. The molecule has 92 valence electrons.